The second-order valence-electron chi connectivity index (χ2n) is 18.6. The Morgan fingerprint density at radius 1 is 0.304 bits per heavy atom. The van der Waals surface area contributed by atoms with E-state index in [2.05, 4.69) is 113 Å². The summed E-state index contributed by atoms with van der Waals surface area (Å²) in [5.74, 6) is 5.89. The highest BCUT2D eigenvalue weighted by atomic mass is 15.1. The van der Waals surface area contributed by atoms with Gasteiger partial charge in [0.1, 0.15) is 23.3 Å². The summed E-state index contributed by atoms with van der Waals surface area (Å²) in [7, 11) is 0. The van der Waals surface area contributed by atoms with Crippen LogP contribution in [0.5, 0.6) is 0 Å². The highest BCUT2D eigenvalue weighted by Gasteiger charge is 2.28. The van der Waals surface area contributed by atoms with Crippen LogP contribution in [0.1, 0.15) is 106 Å². The maximum Gasteiger partial charge on any atom is 0.164 e. The van der Waals surface area contributed by atoms with Crippen molar-refractivity contribution in [2.45, 2.75) is 105 Å². The van der Waals surface area contributed by atoms with Crippen molar-refractivity contribution in [3.63, 3.8) is 0 Å². The molecule has 9 heteroatoms. The average molecular weight is 742 g/mol. The Balaban J connectivity index is 1.45. The van der Waals surface area contributed by atoms with Crippen LogP contribution in [0, 0.1) is 0 Å². The fourth-order valence-electron chi connectivity index (χ4n) is 6.12. The van der Waals surface area contributed by atoms with E-state index in [0.717, 1.165) is 61.9 Å². The van der Waals surface area contributed by atoms with Gasteiger partial charge in [0.15, 0.2) is 29.1 Å². The van der Waals surface area contributed by atoms with Gasteiger partial charge in [-0.25, -0.2) is 44.9 Å². The van der Waals surface area contributed by atoms with Crippen LogP contribution >= 0.6 is 0 Å². The van der Waals surface area contributed by atoms with Gasteiger partial charge in [-0.1, -0.05) is 156 Å². The first-order valence-electron chi connectivity index (χ1n) is 19.2. The zero-order valence-electron chi connectivity index (χ0n) is 34.7. The fourth-order valence-corrected chi connectivity index (χ4v) is 6.12. The molecule has 4 aromatic carbocycles. The Kier molecular flexibility index (Phi) is 9.63. The molecule has 3 aromatic heterocycles. The van der Waals surface area contributed by atoms with Crippen LogP contribution in [0.4, 0.5) is 0 Å². The molecule has 284 valence electrons. The molecule has 0 N–H and O–H groups in total. The van der Waals surface area contributed by atoms with Gasteiger partial charge in [0, 0.05) is 49.5 Å². The number of aromatic nitrogens is 9. The largest absolute Gasteiger partial charge is 0.217 e. The van der Waals surface area contributed by atoms with Crippen molar-refractivity contribution in [2.75, 3.05) is 0 Å². The summed E-state index contributed by atoms with van der Waals surface area (Å²) in [5, 5.41) is 2.04. The lowest BCUT2D eigenvalue weighted by Gasteiger charge is -2.23. The fraction of sp³-hybridized carbons (Fsp3) is 0.340. The number of hydrogen-bond acceptors (Lipinski definition) is 9. The Morgan fingerprint density at radius 3 is 1.20 bits per heavy atom. The van der Waals surface area contributed by atoms with Crippen LogP contribution in [0.15, 0.2) is 91.0 Å². The SMILES string of the molecule is CC(C)(C)c1nc(-c2cccc(-c3nc(-c4ccccc4)nc(-c4cc(-c5nc(C(C)(C)C)nc(C(C)(C)C)n5)cc5ccccc45)n3)c2)nc(C(C)(C)C)n1. The quantitative estimate of drug-likeness (QED) is 0.170. The summed E-state index contributed by atoms with van der Waals surface area (Å²) in [6.07, 6.45) is 0. The summed E-state index contributed by atoms with van der Waals surface area (Å²) in [6.45, 7) is 25.5. The van der Waals surface area contributed by atoms with E-state index in [-0.39, 0.29) is 21.7 Å². The van der Waals surface area contributed by atoms with Crippen molar-refractivity contribution < 1.29 is 0 Å². The molecule has 9 nitrogen and oxygen atoms in total. The van der Waals surface area contributed by atoms with E-state index >= 15 is 0 Å². The maximum atomic E-state index is 5.22. The molecule has 7 rings (SSSR count). The molecule has 0 fully saturated rings. The molecule has 0 bridgehead atoms. The van der Waals surface area contributed by atoms with Crippen molar-refractivity contribution in [3.05, 3.63) is 114 Å². The van der Waals surface area contributed by atoms with E-state index in [1.165, 1.54) is 0 Å². The van der Waals surface area contributed by atoms with Gasteiger partial charge in [-0.2, -0.15) is 0 Å². The van der Waals surface area contributed by atoms with Gasteiger partial charge >= 0.3 is 0 Å². The summed E-state index contributed by atoms with van der Waals surface area (Å²) >= 11 is 0. The van der Waals surface area contributed by atoms with E-state index in [0.29, 0.717) is 29.1 Å². The van der Waals surface area contributed by atoms with Gasteiger partial charge in [0.05, 0.1) is 0 Å². The predicted molar refractivity (Wildman–Crippen MR) is 226 cm³/mol. The summed E-state index contributed by atoms with van der Waals surface area (Å²) in [4.78, 5) is 45.3. The Labute approximate surface area is 330 Å². The molecule has 0 saturated carbocycles. The van der Waals surface area contributed by atoms with E-state index in [1.54, 1.807) is 0 Å². The third-order valence-electron chi connectivity index (χ3n) is 9.36. The first-order chi connectivity index (χ1) is 26.2. The van der Waals surface area contributed by atoms with Gasteiger partial charge in [0.2, 0.25) is 0 Å². The lowest BCUT2D eigenvalue weighted by Crippen LogP contribution is -2.24. The smallest absolute Gasteiger partial charge is 0.164 e. The molecule has 0 amide bonds. The highest BCUT2D eigenvalue weighted by molar-refractivity contribution is 5.98. The summed E-state index contributed by atoms with van der Waals surface area (Å²) < 4.78 is 0. The molecular weight excluding hydrogens is 691 g/mol. The maximum absolute atomic E-state index is 5.22. The molecule has 0 unspecified atom stereocenters. The Morgan fingerprint density at radius 2 is 0.696 bits per heavy atom. The van der Waals surface area contributed by atoms with Crippen LogP contribution in [0.3, 0.4) is 0 Å². The number of rotatable bonds is 5. The van der Waals surface area contributed by atoms with Crippen molar-refractivity contribution >= 4 is 10.8 Å². The zero-order valence-corrected chi connectivity index (χ0v) is 34.7. The van der Waals surface area contributed by atoms with Gasteiger partial charge in [-0.3, -0.25) is 0 Å². The van der Waals surface area contributed by atoms with Crippen LogP contribution in [-0.2, 0) is 21.7 Å². The number of fused-ring (bicyclic) bond motifs is 1. The van der Waals surface area contributed by atoms with E-state index < -0.39 is 0 Å². The standard InChI is InChI=1S/C47H51N9/c1-44(2,3)40-51-37(52-41(55-40)45(4,5)6)31-23-18-22-30(26-31)36-48-35(28-19-14-13-15-20-28)49-39(50-36)34-27-32(25-29-21-16-17-24-33(29)34)38-53-42(46(7,8)9)56-43(54-38)47(10,11)12/h13-27H,1-12H3. The summed E-state index contributed by atoms with van der Waals surface area (Å²) in [5.41, 5.74) is 3.21. The highest BCUT2D eigenvalue weighted by Crippen LogP contribution is 2.36. The minimum atomic E-state index is -0.274. The molecule has 0 radical (unpaired) electrons. The normalized spacial score (nSPS) is 12.6. The molecule has 0 aliphatic rings. The van der Waals surface area contributed by atoms with Crippen LogP contribution in [-0.4, -0.2) is 44.9 Å². The topological polar surface area (TPSA) is 116 Å². The third-order valence-corrected chi connectivity index (χ3v) is 9.36. The molecule has 56 heavy (non-hydrogen) atoms. The Bertz CT molecular complexity index is 2500. The molecule has 7 aromatic rings. The van der Waals surface area contributed by atoms with Gasteiger partial charge < -0.3 is 0 Å². The first kappa shape index (κ1) is 38.4. The summed E-state index contributed by atoms with van der Waals surface area (Å²) in [6, 6.07) is 30.7. The molecule has 3 heterocycles. The number of nitrogens with zero attached hydrogens (tertiary/aromatic N) is 9. The zero-order chi connectivity index (χ0) is 40.2. The average Bonchev–Trinajstić information content (AvgIpc) is 3.16. The van der Waals surface area contributed by atoms with Crippen molar-refractivity contribution in [1.29, 1.82) is 0 Å². The number of hydrogen-bond donors (Lipinski definition) is 0. The van der Waals surface area contributed by atoms with E-state index in [4.69, 9.17) is 44.9 Å². The lowest BCUT2D eigenvalue weighted by atomic mass is 9.92. The van der Waals surface area contributed by atoms with Gasteiger partial charge in [-0.15, -0.1) is 0 Å². The number of benzene rings is 4. The van der Waals surface area contributed by atoms with Crippen molar-refractivity contribution in [3.8, 4) is 56.9 Å². The van der Waals surface area contributed by atoms with E-state index in [9.17, 15) is 0 Å². The Hall–Kier alpha value is -5.83. The molecule has 0 atom stereocenters. The lowest BCUT2D eigenvalue weighted by molar-refractivity contribution is 0.497. The van der Waals surface area contributed by atoms with Gasteiger partial charge in [0.25, 0.3) is 0 Å². The van der Waals surface area contributed by atoms with Crippen molar-refractivity contribution in [2.24, 2.45) is 0 Å². The minimum absolute atomic E-state index is 0.260. The molecule has 0 saturated heterocycles. The first-order valence-corrected chi connectivity index (χ1v) is 19.2. The monoisotopic (exact) mass is 741 g/mol. The molecule has 0 aliphatic carbocycles. The molecule has 0 aliphatic heterocycles. The predicted octanol–water partition coefficient (Wildman–Crippen LogP) is 10.9. The minimum Gasteiger partial charge on any atom is -0.217 e. The third kappa shape index (κ3) is 8.08. The van der Waals surface area contributed by atoms with Crippen LogP contribution < -0.4 is 0 Å². The second kappa shape index (κ2) is 14.0. The van der Waals surface area contributed by atoms with E-state index in [1.807, 2.05) is 60.7 Å². The van der Waals surface area contributed by atoms with Crippen LogP contribution in [0.25, 0.3) is 67.7 Å². The molecular formula is C47H51N9. The van der Waals surface area contributed by atoms with Crippen molar-refractivity contribution in [1.82, 2.24) is 44.9 Å². The second-order valence-corrected chi connectivity index (χ2v) is 18.6. The molecule has 0 spiro atoms. The van der Waals surface area contributed by atoms with Gasteiger partial charge in [-0.05, 0) is 29.0 Å². The van der Waals surface area contributed by atoms with Crippen LogP contribution in [0.2, 0.25) is 0 Å².